The van der Waals surface area contributed by atoms with Crippen LogP contribution in [0.1, 0.15) is 39.9 Å². The smallest absolute Gasteiger partial charge is 0.254 e. The second-order valence-electron chi connectivity index (χ2n) is 7.91. The highest BCUT2D eigenvalue weighted by molar-refractivity contribution is 6.07. The molecule has 144 valence electrons. The van der Waals surface area contributed by atoms with Crippen LogP contribution in [0.25, 0.3) is 10.9 Å². The Kier molecular flexibility index (Phi) is 4.90. The quantitative estimate of drug-likeness (QED) is 0.755. The number of pyridine rings is 1. The lowest BCUT2D eigenvalue weighted by molar-refractivity contribution is 0.0672. The van der Waals surface area contributed by atoms with E-state index in [0.29, 0.717) is 6.54 Å². The summed E-state index contributed by atoms with van der Waals surface area (Å²) in [5.41, 5.74) is 11.4. The van der Waals surface area contributed by atoms with Gasteiger partial charge in [-0.2, -0.15) is 0 Å². The molecule has 1 saturated heterocycles. The first-order valence-electron chi connectivity index (χ1n) is 9.95. The van der Waals surface area contributed by atoms with Gasteiger partial charge >= 0.3 is 0 Å². The largest absolute Gasteiger partial charge is 0.339 e. The van der Waals surface area contributed by atoms with Crippen LogP contribution in [0.5, 0.6) is 0 Å². The van der Waals surface area contributed by atoms with Crippen molar-refractivity contribution in [3.63, 3.8) is 0 Å². The van der Waals surface area contributed by atoms with Crippen LogP contribution in [0.2, 0.25) is 0 Å². The number of likely N-dealkylation sites (tertiary alicyclic amines) is 1. The summed E-state index contributed by atoms with van der Waals surface area (Å²) in [5.74, 6) is 0.0970. The number of piperidine rings is 1. The van der Waals surface area contributed by atoms with Crippen molar-refractivity contribution in [3.05, 3.63) is 77.0 Å². The van der Waals surface area contributed by atoms with Crippen LogP contribution in [-0.4, -0.2) is 35.4 Å². The van der Waals surface area contributed by atoms with Crippen LogP contribution in [0, 0.1) is 13.8 Å². The Morgan fingerprint density at radius 1 is 1.11 bits per heavy atom. The summed E-state index contributed by atoms with van der Waals surface area (Å²) < 4.78 is 0. The number of benzene rings is 2. The number of nitrogens with zero attached hydrogens (tertiary/aromatic N) is 2. The van der Waals surface area contributed by atoms with Crippen molar-refractivity contribution in [2.24, 2.45) is 5.73 Å². The number of aryl methyl sites for hydroxylation is 2. The molecule has 0 spiro atoms. The molecule has 0 radical (unpaired) electrons. The highest BCUT2D eigenvalue weighted by Crippen LogP contribution is 2.35. The van der Waals surface area contributed by atoms with E-state index in [1.807, 2.05) is 36.1 Å². The maximum atomic E-state index is 13.4. The van der Waals surface area contributed by atoms with E-state index in [9.17, 15) is 4.79 Å². The highest BCUT2D eigenvalue weighted by atomic mass is 16.2. The third-order valence-corrected chi connectivity index (χ3v) is 6.42. The summed E-state index contributed by atoms with van der Waals surface area (Å²) in [5, 5.41) is 0.939. The minimum Gasteiger partial charge on any atom is -0.339 e. The third kappa shape index (κ3) is 3.08. The monoisotopic (exact) mass is 373 g/mol. The second-order valence-corrected chi connectivity index (χ2v) is 7.91. The summed E-state index contributed by atoms with van der Waals surface area (Å²) in [6, 6.07) is 16.4. The summed E-state index contributed by atoms with van der Waals surface area (Å²) in [4.78, 5) is 19.9. The molecule has 4 heteroatoms. The topological polar surface area (TPSA) is 59.2 Å². The fraction of sp³-hybridized carbons (Fsp3) is 0.333. The molecule has 0 unspecified atom stereocenters. The summed E-state index contributed by atoms with van der Waals surface area (Å²) >= 11 is 0. The Bertz CT molecular complexity index is 1010. The van der Waals surface area contributed by atoms with Gasteiger partial charge in [0.1, 0.15) is 0 Å². The van der Waals surface area contributed by atoms with E-state index in [2.05, 4.69) is 36.2 Å². The molecular formula is C24H27N3O. The first kappa shape index (κ1) is 18.6. The van der Waals surface area contributed by atoms with Gasteiger partial charge in [0.05, 0.1) is 5.52 Å². The second kappa shape index (κ2) is 7.36. The molecule has 28 heavy (non-hydrogen) atoms. The molecule has 1 aliphatic heterocycles. The highest BCUT2D eigenvalue weighted by Gasteiger charge is 2.36. The van der Waals surface area contributed by atoms with Gasteiger partial charge in [0.15, 0.2) is 0 Å². The average molecular weight is 374 g/mol. The third-order valence-electron chi connectivity index (χ3n) is 6.42. The van der Waals surface area contributed by atoms with Crippen molar-refractivity contribution in [2.75, 3.05) is 19.6 Å². The van der Waals surface area contributed by atoms with Gasteiger partial charge in [-0.05, 0) is 55.5 Å². The Hall–Kier alpha value is -2.72. The van der Waals surface area contributed by atoms with Crippen LogP contribution in [0.15, 0.2) is 54.7 Å². The van der Waals surface area contributed by atoms with E-state index in [1.54, 1.807) is 6.20 Å². The summed E-state index contributed by atoms with van der Waals surface area (Å²) in [6.45, 7) is 6.16. The van der Waals surface area contributed by atoms with Crippen molar-refractivity contribution in [2.45, 2.75) is 32.1 Å². The zero-order chi connectivity index (χ0) is 19.7. The minimum absolute atomic E-state index is 0.0368. The van der Waals surface area contributed by atoms with Crippen molar-refractivity contribution in [3.8, 4) is 0 Å². The number of amides is 1. The van der Waals surface area contributed by atoms with Gasteiger partial charge < -0.3 is 10.6 Å². The lowest BCUT2D eigenvalue weighted by Gasteiger charge is -2.41. The van der Waals surface area contributed by atoms with Crippen molar-refractivity contribution < 1.29 is 4.79 Å². The molecule has 4 rings (SSSR count). The number of fused-ring (bicyclic) bond motifs is 1. The number of aromatic nitrogens is 1. The fourth-order valence-electron chi connectivity index (χ4n) is 4.40. The molecule has 0 saturated carbocycles. The van der Waals surface area contributed by atoms with E-state index >= 15 is 0 Å². The van der Waals surface area contributed by atoms with Crippen LogP contribution in [0.3, 0.4) is 0 Å². The number of nitrogens with two attached hydrogens (primary N) is 1. The molecule has 0 bridgehead atoms. The average Bonchev–Trinajstić information content (AvgIpc) is 2.76. The maximum absolute atomic E-state index is 13.4. The standard InChI is InChI=1S/C24H27N3O/c1-17-15-21(20-9-6-12-26-22(20)18(17)2)23(28)27-13-10-24(16-25,11-14-27)19-7-4-3-5-8-19/h3-9,12,15H,10-11,13-14,16,25H2,1-2H3. The fourth-order valence-corrected chi connectivity index (χ4v) is 4.40. The zero-order valence-corrected chi connectivity index (χ0v) is 16.6. The van der Waals surface area contributed by atoms with E-state index in [0.717, 1.165) is 53.5 Å². The number of rotatable bonds is 3. The van der Waals surface area contributed by atoms with Crippen LogP contribution in [0.4, 0.5) is 0 Å². The summed E-state index contributed by atoms with van der Waals surface area (Å²) in [7, 11) is 0. The summed E-state index contributed by atoms with van der Waals surface area (Å²) in [6.07, 6.45) is 3.57. The van der Waals surface area contributed by atoms with Crippen molar-refractivity contribution >= 4 is 16.8 Å². The number of carbonyl (C=O) groups excluding carboxylic acids is 1. The molecular weight excluding hydrogens is 346 g/mol. The molecule has 2 aromatic carbocycles. The number of carbonyl (C=O) groups is 1. The Labute approximate surface area is 166 Å². The predicted molar refractivity (Wildman–Crippen MR) is 114 cm³/mol. The number of hydrogen-bond donors (Lipinski definition) is 1. The molecule has 4 nitrogen and oxygen atoms in total. The van der Waals surface area contributed by atoms with E-state index in [4.69, 9.17) is 5.73 Å². The molecule has 2 heterocycles. The van der Waals surface area contributed by atoms with Crippen LogP contribution >= 0.6 is 0 Å². The Morgan fingerprint density at radius 3 is 2.50 bits per heavy atom. The molecule has 0 atom stereocenters. The molecule has 1 amide bonds. The SMILES string of the molecule is Cc1cc(C(=O)N2CCC(CN)(c3ccccc3)CC2)c2cccnc2c1C. The molecule has 1 aliphatic rings. The molecule has 0 aliphatic carbocycles. The van der Waals surface area contributed by atoms with Gasteiger partial charge in [0.25, 0.3) is 5.91 Å². The Morgan fingerprint density at radius 2 is 1.82 bits per heavy atom. The molecule has 3 aromatic rings. The van der Waals surface area contributed by atoms with E-state index < -0.39 is 0 Å². The first-order valence-corrected chi connectivity index (χ1v) is 9.95. The lowest BCUT2D eigenvalue weighted by Crippen LogP contribution is -2.48. The lowest BCUT2D eigenvalue weighted by atomic mass is 9.73. The maximum Gasteiger partial charge on any atom is 0.254 e. The van der Waals surface area contributed by atoms with Crippen molar-refractivity contribution in [1.82, 2.24) is 9.88 Å². The van der Waals surface area contributed by atoms with Crippen molar-refractivity contribution in [1.29, 1.82) is 0 Å². The normalized spacial score (nSPS) is 16.3. The van der Waals surface area contributed by atoms with Gasteiger partial charge in [0.2, 0.25) is 0 Å². The number of hydrogen-bond acceptors (Lipinski definition) is 3. The predicted octanol–water partition coefficient (Wildman–Crippen LogP) is 3.98. The Balaban J connectivity index is 1.62. The van der Waals surface area contributed by atoms with Gasteiger partial charge in [-0.3, -0.25) is 9.78 Å². The van der Waals surface area contributed by atoms with E-state index in [-0.39, 0.29) is 11.3 Å². The van der Waals surface area contributed by atoms with Crippen LogP contribution < -0.4 is 5.73 Å². The van der Waals surface area contributed by atoms with Gasteiger partial charge in [-0.1, -0.05) is 36.4 Å². The first-order chi connectivity index (χ1) is 13.6. The molecule has 2 N–H and O–H groups in total. The minimum atomic E-state index is -0.0368. The zero-order valence-electron chi connectivity index (χ0n) is 16.6. The van der Waals surface area contributed by atoms with Gasteiger partial charge in [-0.15, -0.1) is 0 Å². The molecule has 1 aromatic heterocycles. The molecule has 1 fully saturated rings. The van der Waals surface area contributed by atoms with Gasteiger partial charge in [-0.25, -0.2) is 0 Å². The van der Waals surface area contributed by atoms with Gasteiger partial charge in [0, 0.05) is 42.2 Å². The van der Waals surface area contributed by atoms with Crippen LogP contribution in [-0.2, 0) is 5.41 Å². The van der Waals surface area contributed by atoms with E-state index in [1.165, 1.54) is 5.56 Å².